The first-order valence-electron chi connectivity index (χ1n) is 12.6. The highest BCUT2D eigenvalue weighted by Gasteiger charge is 2.42. The molecule has 0 spiro atoms. The van der Waals surface area contributed by atoms with Crippen LogP contribution in [0.5, 0.6) is 0 Å². The van der Waals surface area contributed by atoms with Crippen molar-refractivity contribution >= 4 is 36.2 Å². The summed E-state index contributed by atoms with van der Waals surface area (Å²) in [4.78, 5) is 23.5. The minimum absolute atomic E-state index is 0.0243. The summed E-state index contributed by atoms with van der Waals surface area (Å²) in [5.74, 6) is 2.39. The molecule has 2 saturated heterocycles. The van der Waals surface area contributed by atoms with Crippen molar-refractivity contribution in [1.82, 2.24) is 10.6 Å². The summed E-state index contributed by atoms with van der Waals surface area (Å²) in [6, 6.07) is 0.546. The molecule has 2 heterocycles. The molecule has 2 aliphatic heterocycles. The van der Waals surface area contributed by atoms with Gasteiger partial charge in [-0.3, -0.25) is 4.79 Å². The van der Waals surface area contributed by atoms with E-state index in [1.54, 1.807) is 0 Å². The fourth-order valence-electron chi connectivity index (χ4n) is 4.46. The van der Waals surface area contributed by atoms with Gasteiger partial charge in [0.1, 0.15) is 5.78 Å². The summed E-state index contributed by atoms with van der Waals surface area (Å²) < 4.78 is 5.70. The SMILES string of the molecule is O=C(CCCCC1SCC2NC(=O)NC21)CCCOCCCCCCCCCCCS. The molecule has 0 aromatic carbocycles. The number of Topliss-reactive ketones (excluding diaryl/α,β-unsaturated/α-hetero) is 1. The van der Waals surface area contributed by atoms with E-state index in [4.69, 9.17) is 4.74 Å². The quantitative estimate of drug-likeness (QED) is 0.124. The minimum Gasteiger partial charge on any atom is -0.381 e. The Morgan fingerprint density at radius 2 is 1.52 bits per heavy atom. The monoisotopic (exact) mass is 472 g/mol. The van der Waals surface area contributed by atoms with Crippen LogP contribution in [0.3, 0.4) is 0 Å². The Balaban J connectivity index is 1.30. The molecule has 0 aliphatic carbocycles. The fourth-order valence-corrected chi connectivity index (χ4v) is 6.23. The number of unbranched alkanes of at least 4 members (excludes halogenated alkanes) is 9. The summed E-state index contributed by atoms with van der Waals surface area (Å²) in [7, 11) is 0. The first-order chi connectivity index (χ1) is 15.2. The molecule has 3 unspecified atom stereocenters. The van der Waals surface area contributed by atoms with E-state index in [1.807, 2.05) is 11.8 Å². The molecule has 2 N–H and O–H groups in total. The molecule has 5 nitrogen and oxygen atoms in total. The molecule has 180 valence electrons. The fraction of sp³-hybridized carbons (Fsp3) is 0.917. The first kappa shape index (κ1) is 26.8. The molecular weight excluding hydrogens is 428 g/mol. The molecule has 2 aliphatic rings. The van der Waals surface area contributed by atoms with E-state index in [0.29, 0.717) is 36.5 Å². The van der Waals surface area contributed by atoms with Crippen LogP contribution in [0.4, 0.5) is 4.79 Å². The smallest absolute Gasteiger partial charge is 0.315 e. The molecular formula is C24H44N2O3S2. The molecule has 0 aromatic heterocycles. The van der Waals surface area contributed by atoms with Gasteiger partial charge in [0.25, 0.3) is 0 Å². The molecule has 31 heavy (non-hydrogen) atoms. The van der Waals surface area contributed by atoms with Crippen LogP contribution in [0.2, 0.25) is 0 Å². The second-order valence-electron chi connectivity index (χ2n) is 9.03. The predicted molar refractivity (Wildman–Crippen MR) is 134 cm³/mol. The number of ketones is 1. The predicted octanol–water partition coefficient (Wildman–Crippen LogP) is 5.52. The number of thiol groups is 1. The van der Waals surface area contributed by atoms with Gasteiger partial charge in [-0.2, -0.15) is 24.4 Å². The second-order valence-corrected chi connectivity index (χ2v) is 10.7. The molecule has 2 fully saturated rings. The van der Waals surface area contributed by atoms with Crippen molar-refractivity contribution in [1.29, 1.82) is 0 Å². The van der Waals surface area contributed by atoms with E-state index in [9.17, 15) is 9.59 Å². The zero-order chi connectivity index (χ0) is 22.2. The molecule has 2 amide bonds. The van der Waals surface area contributed by atoms with Gasteiger partial charge >= 0.3 is 6.03 Å². The maximum Gasteiger partial charge on any atom is 0.315 e. The van der Waals surface area contributed by atoms with E-state index in [-0.39, 0.29) is 12.1 Å². The third-order valence-corrected chi connectivity index (χ3v) is 8.15. The van der Waals surface area contributed by atoms with Crippen LogP contribution in [-0.4, -0.2) is 53.9 Å². The van der Waals surface area contributed by atoms with E-state index in [1.165, 1.54) is 51.4 Å². The largest absolute Gasteiger partial charge is 0.381 e. The van der Waals surface area contributed by atoms with E-state index < -0.39 is 0 Å². The molecule has 0 saturated carbocycles. The molecule has 2 rings (SSSR count). The third-order valence-electron chi connectivity index (χ3n) is 6.32. The number of hydrogen-bond donors (Lipinski definition) is 3. The highest BCUT2D eigenvalue weighted by molar-refractivity contribution is 8.00. The number of hydrogen-bond acceptors (Lipinski definition) is 5. The molecule has 0 bridgehead atoms. The summed E-state index contributed by atoms with van der Waals surface area (Å²) >= 11 is 6.19. The molecule has 0 aromatic rings. The van der Waals surface area contributed by atoms with Gasteiger partial charge < -0.3 is 15.4 Å². The standard InChI is InChI=1S/C24H44N2O3S2/c27-20(13-8-9-15-22-23-21(19-31-22)25-24(28)26-23)14-12-17-29-16-10-6-4-2-1-3-5-7-11-18-30/h21-23,30H,1-19H2,(H2,25,26,28). The van der Waals surface area contributed by atoms with Crippen molar-refractivity contribution in [2.75, 3.05) is 24.7 Å². The van der Waals surface area contributed by atoms with Crippen LogP contribution in [0.15, 0.2) is 0 Å². The normalized spacial score (nSPS) is 22.4. The van der Waals surface area contributed by atoms with Crippen LogP contribution in [-0.2, 0) is 9.53 Å². The lowest BCUT2D eigenvalue weighted by Gasteiger charge is -2.16. The van der Waals surface area contributed by atoms with Crippen molar-refractivity contribution in [3.8, 4) is 0 Å². The van der Waals surface area contributed by atoms with E-state index >= 15 is 0 Å². The summed E-state index contributed by atoms with van der Waals surface area (Å²) in [6.07, 6.45) is 17.1. The lowest BCUT2D eigenvalue weighted by molar-refractivity contribution is -0.119. The lowest BCUT2D eigenvalue weighted by atomic mass is 10.0. The lowest BCUT2D eigenvalue weighted by Crippen LogP contribution is -2.36. The van der Waals surface area contributed by atoms with Crippen LogP contribution in [0.25, 0.3) is 0 Å². The number of fused-ring (bicyclic) bond motifs is 1. The number of amides is 2. The van der Waals surface area contributed by atoms with Gasteiger partial charge in [0, 0.05) is 37.1 Å². The third kappa shape index (κ3) is 11.9. The van der Waals surface area contributed by atoms with Gasteiger partial charge in [-0.05, 0) is 37.9 Å². The Morgan fingerprint density at radius 1 is 0.871 bits per heavy atom. The Morgan fingerprint density at radius 3 is 2.26 bits per heavy atom. The number of nitrogens with one attached hydrogen (secondary N) is 2. The number of rotatable bonds is 20. The highest BCUT2D eigenvalue weighted by atomic mass is 32.2. The van der Waals surface area contributed by atoms with Crippen LogP contribution < -0.4 is 10.6 Å². The average Bonchev–Trinajstić information content (AvgIpc) is 3.30. The van der Waals surface area contributed by atoms with Crippen molar-refractivity contribution < 1.29 is 14.3 Å². The summed E-state index contributed by atoms with van der Waals surface area (Å²) in [5.41, 5.74) is 0. The van der Waals surface area contributed by atoms with E-state index in [0.717, 1.165) is 50.2 Å². The number of ether oxygens (including phenoxy) is 1. The Kier molecular flexibility index (Phi) is 14.8. The van der Waals surface area contributed by atoms with Gasteiger partial charge in [0.2, 0.25) is 0 Å². The topological polar surface area (TPSA) is 67.4 Å². The van der Waals surface area contributed by atoms with Crippen molar-refractivity contribution in [3.63, 3.8) is 0 Å². The Hall–Kier alpha value is -0.400. The minimum atomic E-state index is -0.0243. The van der Waals surface area contributed by atoms with Crippen LogP contribution in [0, 0.1) is 0 Å². The highest BCUT2D eigenvalue weighted by Crippen LogP contribution is 2.33. The number of thioether (sulfide) groups is 1. The maximum atomic E-state index is 12.1. The van der Waals surface area contributed by atoms with Gasteiger partial charge in [-0.1, -0.05) is 51.4 Å². The second kappa shape index (κ2) is 17.1. The van der Waals surface area contributed by atoms with Crippen molar-refractivity contribution in [2.24, 2.45) is 0 Å². The number of carbonyl (C=O) groups is 2. The zero-order valence-corrected chi connectivity index (χ0v) is 21.0. The zero-order valence-electron chi connectivity index (χ0n) is 19.2. The Bertz CT molecular complexity index is 507. The van der Waals surface area contributed by atoms with Crippen LogP contribution >= 0.6 is 24.4 Å². The van der Waals surface area contributed by atoms with Gasteiger partial charge in [-0.25, -0.2) is 4.79 Å². The molecule has 0 radical (unpaired) electrons. The first-order valence-corrected chi connectivity index (χ1v) is 14.3. The van der Waals surface area contributed by atoms with Gasteiger partial charge in [0.05, 0.1) is 12.1 Å². The average molecular weight is 473 g/mol. The van der Waals surface area contributed by atoms with Gasteiger partial charge in [-0.15, -0.1) is 0 Å². The maximum absolute atomic E-state index is 12.1. The Labute approximate surface area is 199 Å². The summed E-state index contributed by atoms with van der Waals surface area (Å²) in [6.45, 7) is 1.55. The van der Waals surface area contributed by atoms with Crippen molar-refractivity contribution in [2.45, 2.75) is 114 Å². The van der Waals surface area contributed by atoms with Gasteiger partial charge in [0.15, 0.2) is 0 Å². The molecule has 3 atom stereocenters. The number of carbonyl (C=O) groups excluding carboxylic acids is 2. The van der Waals surface area contributed by atoms with E-state index in [2.05, 4.69) is 23.3 Å². The summed E-state index contributed by atoms with van der Waals surface area (Å²) in [5, 5.41) is 6.50. The van der Waals surface area contributed by atoms with Crippen LogP contribution in [0.1, 0.15) is 96.3 Å². The number of urea groups is 1. The molecule has 7 heteroatoms. The van der Waals surface area contributed by atoms with Crippen molar-refractivity contribution in [3.05, 3.63) is 0 Å².